The number of nitrogens with one attached hydrogen (secondary N) is 1. The first-order valence-electron chi connectivity index (χ1n) is 9.97. The molecule has 0 unspecified atom stereocenters. The summed E-state index contributed by atoms with van der Waals surface area (Å²) in [7, 11) is 5.35. The molecular formula is C23H19N3O5S2. The molecule has 8 nitrogen and oxygen atoms in total. The van der Waals surface area contributed by atoms with Gasteiger partial charge in [0.05, 0.1) is 17.5 Å². The minimum absolute atomic E-state index is 0.406. The van der Waals surface area contributed by atoms with Crippen molar-refractivity contribution in [2.24, 2.45) is 0 Å². The molecule has 33 heavy (non-hydrogen) atoms. The molecule has 3 aromatic heterocycles. The van der Waals surface area contributed by atoms with Crippen LogP contribution in [0.15, 0.2) is 46.9 Å². The Morgan fingerprint density at radius 2 is 1.91 bits per heavy atom. The molecule has 0 spiro atoms. The zero-order valence-electron chi connectivity index (χ0n) is 18.0. The number of amides is 1. The van der Waals surface area contributed by atoms with E-state index in [9.17, 15) is 9.59 Å². The Kier molecular flexibility index (Phi) is 5.39. The van der Waals surface area contributed by atoms with Crippen LogP contribution in [-0.2, 0) is 9.53 Å². The molecule has 0 saturated heterocycles. The largest absolute Gasteiger partial charge is 0.495 e. The third-order valence-corrected chi connectivity index (χ3v) is 7.28. The SMILES string of the molecule is COc1cc2c(cc1NC(=O)COC(=O)c1cc3sc(N(C)C)nc3s1)oc1ccccc12. The maximum Gasteiger partial charge on any atom is 0.348 e. The van der Waals surface area contributed by atoms with E-state index in [0.29, 0.717) is 21.9 Å². The lowest BCUT2D eigenvalue weighted by molar-refractivity contribution is -0.119. The zero-order chi connectivity index (χ0) is 23.1. The van der Waals surface area contributed by atoms with Gasteiger partial charge in [0.25, 0.3) is 5.91 Å². The summed E-state index contributed by atoms with van der Waals surface area (Å²) < 4.78 is 17.4. The van der Waals surface area contributed by atoms with Crippen LogP contribution < -0.4 is 15.0 Å². The van der Waals surface area contributed by atoms with Crippen molar-refractivity contribution < 1.29 is 23.5 Å². The van der Waals surface area contributed by atoms with Gasteiger partial charge < -0.3 is 24.1 Å². The van der Waals surface area contributed by atoms with E-state index in [2.05, 4.69) is 10.3 Å². The van der Waals surface area contributed by atoms with Crippen LogP contribution in [0.25, 0.3) is 31.5 Å². The fraction of sp³-hybridized carbons (Fsp3) is 0.174. The summed E-state index contributed by atoms with van der Waals surface area (Å²) >= 11 is 2.73. The number of methoxy groups -OCH3 is 1. The quantitative estimate of drug-likeness (QED) is 0.336. The number of thiazole rings is 1. The first-order chi connectivity index (χ1) is 15.9. The summed E-state index contributed by atoms with van der Waals surface area (Å²) in [6.07, 6.45) is 0. The van der Waals surface area contributed by atoms with Crippen molar-refractivity contribution in [1.29, 1.82) is 0 Å². The highest BCUT2D eigenvalue weighted by Gasteiger charge is 2.18. The number of carbonyl (C=O) groups is 2. The van der Waals surface area contributed by atoms with Gasteiger partial charge in [-0.15, -0.1) is 11.3 Å². The summed E-state index contributed by atoms with van der Waals surface area (Å²) in [5, 5.41) is 5.44. The van der Waals surface area contributed by atoms with Crippen LogP contribution in [0.1, 0.15) is 9.67 Å². The molecule has 0 saturated carbocycles. The fourth-order valence-electron chi connectivity index (χ4n) is 3.42. The number of furan rings is 1. The Morgan fingerprint density at radius 1 is 1.09 bits per heavy atom. The molecule has 0 radical (unpaired) electrons. The number of nitrogens with zero attached hydrogens (tertiary/aromatic N) is 2. The zero-order valence-corrected chi connectivity index (χ0v) is 19.6. The first kappa shape index (κ1) is 21.2. The number of para-hydroxylation sites is 1. The predicted octanol–water partition coefficient (Wildman–Crippen LogP) is 5.13. The van der Waals surface area contributed by atoms with E-state index in [1.165, 1.54) is 29.8 Å². The highest BCUT2D eigenvalue weighted by Crippen LogP contribution is 2.36. The maximum atomic E-state index is 12.5. The van der Waals surface area contributed by atoms with Crippen molar-refractivity contribution in [1.82, 2.24) is 4.98 Å². The number of thiophene rings is 1. The van der Waals surface area contributed by atoms with Crippen molar-refractivity contribution >= 4 is 76.8 Å². The molecule has 0 atom stereocenters. The average molecular weight is 482 g/mol. The van der Waals surface area contributed by atoms with Crippen molar-refractivity contribution in [3.63, 3.8) is 0 Å². The Hall–Kier alpha value is -3.63. The Labute approximate surface area is 196 Å². The molecule has 5 aromatic rings. The van der Waals surface area contributed by atoms with Gasteiger partial charge in [-0.05, 0) is 18.2 Å². The normalized spacial score (nSPS) is 11.2. The van der Waals surface area contributed by atoms with Gasteiger partial charge in [0.15, 0.2) is 11.7 Å². The molecule has 1 N–H and O–H groups in total. The molecule has 168 valence electrons. The molecule has 0 fully saturated rings. The van der Waals surface area contributed by atoms with Gasteiger partial charge in [0.1, 0.15) is 26.6 Å². The van der Waals surface area contributed by atoms with Gasteiger partial charge in [-0.1, -0.05) is 29.5 Å². The second-order valence-corrected chi connectivity index (χ2v) is 9.48. The number of esters is 1. The number of carbonyl (C=O) groups excluding carboxylic acids is 2. The maximum absolute atomic E-state index is 12.5. The fourth-order valence-corrected chi connectivity index (χ4v) is 5.45. The summed E-state index contributed by atoms with van der Waals surface area (Å²) in [4.78, 5) is 32.5. The van der Waals surface area contributed by atoms with Crippen LogP contribution in [0, 0.1) is 0 Å². The van der Waals surface area contributed by atoms with E-state index in [-0.39, 0.29) is 0 Å². The summed E-state index contributed by atoms with van der Waals surface area (Å²) in [6, 6.07) is 12.9. The number of hydrogen-bond acceptors (Lipinski definition) is 9. The van der Waals surface area contributed by atoms with E-state index in [1.54, 1.807) is 12.1 Å². The summed E-state index contributed by atoms with van der Waals surface area (Å²) in [5.41, 5.74) is 1.80. The third-order valence-electron chi connectivity index (χ3n) is 4.97. The van der Waals surface area contributed by atoms with Gasteiger partial charge >= 0.3 is 5.97 Å². The highest BCUT2D eigenvalue weighted by molar-refractivity contribution is 7.29. The molecule has 10 heteroatoms. The van der Waals surface area contributed by atoms with Gasteiger partial charge in [-0.25, -0.2) is 9.78 Å². The van der Waals surface area contributed by atoms with Crippen LogP contribution in [0.3, 0.4) is 0 Å². The van der Waals surface area contributed by atoms with Crippen molar-refractivity contribution in [3.05, 3.63) is 47.3 Å². The van der Waals surface area contributed by atoms with E-state index < -0.39 is 18.5 Å². The Bertz CT molecular complexity index is 1480. The number of anilines is 2. The minimum Gasteiger partial charge on any atom is -0.495 e. The Balaban J connectivity index is 1.29. The minimum atomic E-state index is -0.563. The van der Waals surface area contributed by atoms with Gasteiger partial charge in [-0.2, -0.15) is 0 Å². The van der Waals surface area contributed by atoms with Crippen LogP contribution in [0.4, 0.5) is 10.8 Å². The highest BCUT2D eigenvalue weighted by atomic mass is 32.1. The standard InChI is InChI=1S/C23H19N3O5S2/c1-26(2)23-25-21-18(33-23)10-19(32-21)22(28)30-11-20(27)24-14-9-16-13(8-17(14)29-3)12-6-4-5-7-15(12)31-16/h4-10H,11H2,1-3H3,(H,24,27). The molecule has 0 aliphatic rings. The lowest BCUT2D eigenvalue weighted by atomic mass is 10.1. The van der Waals surface area contributed by atoms with Crippen LogP contribution in [0.2, 0.25) is 0 Å². The predicted molar refractivity (Wildman–Crippen MR) is 131 cm³/mol. The monoisotopic (exact) mass is 481 g/mol. The number of fused-ring (bicyclic) bond motifs is 4. The number of hydrogen-bond donors (Lipinski definition) is 1. The number of rotatable bonds is 6. The van der Waals surface area contributed by atoms with Crippen molar-refractivity contribution in [2.75, 3.05) is 38.0 Å². The number of aromatic nitrogens is 1. The van der Waals surface area contributed by atoms with E-state index in [4.69, 9.17) is 13.9 Å². The van der Waals surface area contributed by atoms with Crippen LogP contribution >= 0.6 is 22.7 Å². The molecule has 0 aliphatic carbocycles. The van der Waals surface area contributed by atoms with Gasteiger partial charge in [0.2, 0.25) is 0 Å². The summed E-state index contributed by atoms with van der Waals surface area (Å²) in [6.45, 7) is -0.428. The van der Waals surface area contributed by atoms with Crippen molar-refractivity contribution in [2.45, 2.75) is 0 Å². The molecule has 1 amide bonds. The topological polar surface area (TPSA) is 93.9 Å². The second-order valence-electron chi connectivity index (χ2n) is 7.44. The molecule has 0 aliphatic heterocycles. The lowest BCUT2D eigenvalue weighted by Crippen LogP contribution is -2.20. The third kappa shape index (κ3) is 3.98. The molecule has 2 aromatic carbocycles. The Morgan fingerprint density at radius 3 is 2.67 bits per heavy atom. The van der Waals surface area contributed by atoms with Crippen LogP contribution in [0.5, 0.6) is 5.75 Å². The van der Waals surface area contributed by atoms with E-state index >= 15 is 0 Å². The van der Waals surface area contributed by atoms with E-state index in [1.807, 2.05) is 49.3 Å². The van der Waals surface area contributed by atoms with Gasteiger partial charge in [0, 0.05) is 30.9 Å². The summed E-state index contributed by atoms with van der Waals surface area (Å²) in [5.74, 6) is -0.565. The van der Waals surface area contributed by atoms with E-state index in [0.717, 1.165) is 31.0 Å². The number of ether oxygens (including phenoxy) is 2. The lowest BCUT2D eigenvalue weighted by Gasteiger charge is -2.10. The smallest absolute Gasteiger partial charge is 0.348 e. The molecule has 0 bridgehead atoms. The van der Waals surface area contributed by atoms with Gasteiger partial charge in [-0.3, -0.25) is 4.79 Å². The molecule has 3 heterocycles. The molecule has 5 rings (SSSR count). The first-order valence-corrected chi connectivity index (χ1v) is 11.6. The molecular weight excluding hydrogens is 462 g/mol. The average Bonchev–Trinajstić information content (AvgIpc) is 3.48. The number of benzene rings is 2. The van der Waals surface area contributed by atoms with Crippen molar-refractivity contribution in [3.8, 4) is 5.75 Å². The van der Waals surface area contributed by atoms with Crippen LogP contribution in [-0.4, -0.2) is 44.7 Å². The second kappa shape index (κ2) is 8.38.